The van der Waals surface area contributed by atoms with Crippen molar-refractivity contribution in [2.75, 3.05) is 33.1 Å². The smallest absolute Gasteiger partial charge is 0.251 e. The van der Waals surface area contributed by atoms with E-state index in [1.54, 1.807) is 13.0 Å². The van der Waals surface area contributed by atoms with Gasteiger partial charge in [-0.3, -0.25) is 4.79 Å². The Kier molecular flexibility index (Phi) is 5.28. The highest BCUT2D eigenvalue weighted by Crippen LogP contribution is 2.20. The number of phenols is 1. The number of sulfonamides is 1. The van der Waals surface area contributed by atoms with Crippen LogP contribution in [-0.4, -0.2) is 62.8 Å². The summed E-state index contributed by atoms with van der Waals surface area (Å²) in [5.41, 5.74) is 1.10. The van der Waals surface area contributed by atoms with E-state index < -0.39 is 10.0 Å². The zero-order valence-electron chi connectivity index (χ0n) is 13.4. The number of carbonyl (C=O) groups is 1. The largest absolute Gasteiger partial charge is 0.508 e. The third-order valence-corrected chi connectivity index (χ3v) is 5.92. The second kappa shape index (κ2) is 6.86. The minimum Gasteiger partial charge on any atom is -0.508 e. The maximum atomic E-state index is 12.4. The number of hydrogen-bond donors (Lipinski definition) is 2. The van der Waals surface area contributed by atoms with Gasteiger partial charge in [-0.2, -0.15) is 0 Å². The van der Waals surface area contributed by atoms with Gasteiger partial charge in [0.2, 0.25) is 10.0 Å². The summed E-state index contributed by atoms with van der Waals surface area (Å²) in [7, 11) is -0.406. The van der Waals surface area contributed by atoms with E-state index in [1.165, 1.54) is 30.5 Å². The van der Waals surface area contributed by atoms with Crippen molar-refractivity contribution in [2.24, 2.45) is 5.92 Å². The molecule has 0 bridgehead atoms. The first-order valence-electron chi connectivity index (χ1n) is 7.29. The molecule has 1 saturated heterocycles. The van der Waals surface area contributed by atoms with E-state index in [4.69, 9.17) is 4.74 Å². The van der Waals surface area contributed by atoms with Gasteiger partial charge in [-0.15, -0.1) is 0 Å². The molecule has 8 heteroatoms. The molecule has 1 aromatic carbocycles. The highest BCUT2D eigenvalue weighted by molar-refractivity contribution is 7.89. The average Bonchev–Trinajstić information content (AvgIpc) is 2.87. The van der Waals surface area contributed by atoms with Crippen LogP contribution in [0.25, 0.3) is 0 Å². The number of rotatable bonds is 5. The lowest BCUT2D eigenvalue weighted by Crippen LogP contribution is -2.43. The lowest BCUT2D eigenvalue weighted by molar-refractivity contribution is 0.0925. The highest BCUT2D eigenvalue weighted by atomic mass is 32.2. The van der Waals surface area contributed by atoms with Gasteiger partial charge in [0, 0.05) is 25.6 Å². The fraction of sp³-hybridized carbons (Fsp3) is 0.533. The van der Waals surface area contributed by atoms with Gasteiger partial charge in [-0.25, -0.2) is 12.7 Å². The highest BCUT2D eigenvalue weighted by Gasteiger charge is 2.34. The fourth-order valence-corrected chi connectivity index (χ4v) is 3.61. The van der Waals surface area contributed by atoms with E-state index in [9.17, 15) is 18.3 Å². The second-order valence-corrected chi connectivity index (χ2v) is 8.17. The molecule has 1 heterocycles. The van der Waals surface area contributed by atoms with Crippen molar-refractivity contribution in [1.29, 1.82) is 0 Å². The second-order valence-electron chi connectivity index (χ2n) is 5.94. The molecule has 23 heavy (non-hydrogen) atoms. The van der Waals surface area contributed by atoms with E-state index in [0.717, 1.165) is 5.56 Å². The van der Waals surface area contributed by atoms with Crippen LogP contribution in [0, 0.1) is 12.8 Å². The van der Waals surface area contributed by atoms with Crippen molar-refractivity contribution in [1.82, 2.24) is 9.62 Å². The Balaban J connectivity index is 2.09. The zero-order chi connectivity index (χ0) is 17.2. The molecule has 0 saturated carbocycles. The quantitative estimate of drug-likeness (QED) is 0.804. The predicted octanol–water partition coefficient (Wildman–Crippen LogP) is 0.337. The van der Waals surface area contributed by atoms with Gasteiger partial charge in [0.25, 0.3) is 5.91 Å². The summed E-state index contributed by atoms with van der Waals surface area (Å²) in [6, 6.07) is 4.19. The summed E-state index contributed by atoms with van der Waals surface area (Å²) < 4.78 is 30.5. The van der Waals surface area contributed by atoms with Gasteiger partial charge in [-0.05, 0) is 24.6 Å². The fourth-order valence-electron chi connectivity index (χ4n) is 2.44. The summed E-state index contributed by atoms with van der Waals surface area (Å²) >= 11 is 0. The van der Waals surface area contributed by atoms with E-state index in [2.05, 4.69) is 5.32 Å². The van der Waals surface area contributed by atoms with Crippen molar-refractivity contribution < 1.29 is 23.1 Å². The van der Waals surface area contributed by atoms with Gasteiger partial charge in [0.1, 0.15) is 5.75 Å². The van der Waals surface area contributed by atoms with Crippen molar-refractivity contribution in [3.8, 4) is 5.75 Å². The number of ether oxygens (including phenoxy) is 1. The minimum atomic E-state index is -3.37. The Morgan fingerprint density at radius 3 is 2.74 bits per heavy atom. The summed E-state index contributed by atoms with van der Waals surface area (Å²) in [5, 5.41) is 12.3. The van der Waals surface area contributed by atoms with Crippen LogP contribution < -0.4 is 5.32 Å². The number of aryl methyl sites for hydroxylation is 1. The molecule has 2 N–H and O–H groups in total. The molecule has 1 aromatic rings. The molecule has 2 atom stereocenters. The maximum absolute atomic E-state index is 12.4. The number of carbonyl (C=O) groups excluding carboxylic acids is 1. The average molecular weight is 342 g/mol. The monoisotopic (exact) mass is 342 g/mol. The van der Waals surface area contributed by atoms with Gasteiger partial charge in [0.15, 0.2) is 0 Å². The Bertz CT molecular complexity index is 687. The molecule has 0 aromatic heterocycles. The van der Waals surface area contributed by atoms with Crippen molar-refractivity contribution in [2.45, 2.75) is 13.0 Å². The maximum Gasteiger partial charge on any atom is 0.251 e. The molecule has 0 unspecified atom stereocenters. The Morgan fingerprint density at radius 1 is 1.39 bits per heavy atom. The third-order valence-electron chi connectivity index (χ3n) is 3.96. The molecule has 1 aliphatic rings. The number of benzene rings is 1. The molecule has 1 aliphatic heterocycles. The normalized spacial score (nSPS) is 21.6. The summed E-state index contributed by atoms with van der Waals surface area (Å²) in [5.74, 6) is -0.718. The van der Waals surface area contributed by atoms with Crippen LogP contribution in [-0.2, 0) is 14.8 Å². The number of nitrogens with one attached hydrogen (secondary N) is 1. The first-order valence-corrected chi connectivity index (χ1v) is 8.90. The molecule has 1 amide bonds. The van der Waals surface area contributed by atoms with Gasteiger partial charge < -0.3 is 15.2 Å². The van der Waals surface area contributed by atoms with Crippen molar-refractivity contribution >= 4 is 15.9 Å². The zero-order valence-corrected chi connectivity index (χ0v) is 14.3. The predicted molar refractivity (Wildman–Crippen MR) is 85.9 cm³/mol. The van der Waals surface area contributed by atoms with E-state index in [-0.39, 0.29) is 42.6 Å². The van der Waals surface area contributed by atoms with Crippen LogP contribution in [0.5, 0.6) is 5.75 Å². The molecule has 1 fully saturated rings. The minimum absolute atomic E-state index is 0.00941. The topological polar surface area (TPSA) is 95.9 Å². The van der Waals surface area contributed by atoms with Crippen molar-refractivity contribution in [3.63, 3.8) is 0 Å². The molecule has 2 rings (SSSR count). The number of nitrogens with zero attached hydrogens (tertiary/aromatic N) is 1. The first kappa shape index (κ1) is 17.7. The number of phenolic OH excluding ortho intramolecular Hbond substituents is 1. The Hall–Kier alpha value is -1.64. The number of amides is 1. The SMILES string of the molecule is Cc1ccc(O)cc1C(=O)N[C@H]1COC[C@H]1CS(=O)(=O)N(C)C. The summed E-state index contributed by atoms with van der Waals surface area (Å²) in [4.78, 5) is 12.4. The van der Waals surface area contributed by atoms with Crippen LogP contribution in [0.15, 0.2) is 18.2 Å². The van der Waals surface area contributed by atoms with E-state index >= 15 is 0 Å². The molecule has 128 valence electrons. The van der Waals surface area contributed by atoms with Gasteiger partial charge >= 0.3 is 0 Å². The molecule has 7 nitrogen and oxygen atoms in total. The van der Waals surface area contributed by atoms with Crippen LogP contribution in [0.4, 0.5) is 0 Å². The lowest BCUT2D eigenvalue weighted by atomic mass is 10.0. The standard InChI is InChI=1S/C15H22N2O5S/c1-10-4-5-12(18)6-13(10)15(19)16-14-8-22-7-11(14)9-23(20,21)17(2)3/h4-6,11,14,18H,7-9H2,1-3H3,(H,16,19)/t11-,14-/m0/s1. The molecular weight excluding hydrogens is 320 g/mol. The van der Waals surface area contributed by atoms with Gasteiger partial charge in [0.05, 0.1) is 25.0 Å². The van der Waals surface area contributed by atoms with Crippen LogP contribution >= 0.6 is 0 Å². The van der Waals surface area contributed by atoms with Crippen LogP contribution in [0.2, 0.25) is 0 Å². The van der Waals surface area contributed by atoms with Gasteiger partial charge in [-0.1, -0.05) is 6.07 Å². The Labute approximate surface area is 136 Å². The van der Waals surface area contributed by atoms with Crippen molar-refractivity contribution in [3.05, 3.63) is 29.3 Å². The van der Waals surface area contributed by atoms with Crippen LogP contribution in [0.1, 0.15) is 15.9 Å². The third kappa shape index (κ3) is 4.21. The number of aromatic hydroxyl groups is 1. The summed E-state index contributed by atoms with van der Waals surface area (Å²) in [6.45, 7) is 2.34. The Morgan fingerprint density at radius 2 is 2.09 bits per heavy atom. The van der Waals surface area contributed by atoms with E-state index in [1.807, 2.05) is 0 Å². The molecule has 0 radical (unpaired) electrons. The lowest BCUT2D eigenvalue weighted by Gasteiger charge is -2.21. The first-order chi connectivity index (χ1) is 10.7. The molecular formula is C15H22N2O5S. The number of hydrogen-bond acceptors (Lipinski definition) is 5. The molecule has 0 aliphatic carbocycles. The molecule has 0 spiro atoms. The van der Waals surface area contributed by atoms with Crippen LogP contribution in [0.3, 0.4) is 0 Å². The van der Waals surface area contributed by atoms with E-state index in [0.29, 0.717) is 5.56 Å². The summed E-state index contributed by atoms with van der Waals surface area (Å²) in [6.07, 6.45) is 0.